The van der Waals surface area contributed by atoms with Gasteiger partial charge in [0.25, 0.3) is 0 Å². The Balaban J connectivity index is 2.79. The lowest BCUT2D eigenvalue weighted by Crippen LogP contribution is -2.42. The van der Waals surface area contributed by atoms with Crippen LogP contribution in [0.4, 0.5) is 0 Å². The van der Waals surface area contributed by atoms with Crippen LogP contribution in [0.1, 0.15) is 20.3 Å². The Labute approximate surface area is 68.2 Å². The fourth-order valence-electron chi connectivity index (χ4n) is 1.50. The highest BCUT2D eigenvalue weighted by atomic mass is 15.7. The Morgan fingerprint density at radius 3 is 2.18 bits per heavy atom. The summed E-state index contributed by atoms with van der Waals surface area (Å²) in [4.78, 5) is 0. The molecule has 0 N–H and O–H groups in total. The van der Waals surface area contributed by atoms with E-state index in [1.165, 1.54) is 0 Å². The molecule has 1 unspecified atom stereocenters. The molecule has 1 aliphatic heterocycles. The Hall–Kier alpha value is -0.590. The van der Waals surface area contributed by atoms with E-state index in [9.17, 15) is 0 Å². The summed E-state index contributed by atoms with van der Waals surface area (Å²) in [5.41, 5.74) is 0.134. The van der Waals surface area contributed by atoms with E-state index in [4.69, 9.17) is 5.26 Å². The Bertz CT molecular complexity index is 192. The van der Waals surface area contributed by atoms with Crippen LogP contribution in [-0.2, 0) is 0 Å². The lowest BCUT2D eigenvalue weighted by Gasteiger charge is -2.30. The number of hydrogen-bond acceptors (Lipinski definition) is 3. The molecule has 0 radical (unpaired) electrons. The summed E-state index contributed by atoms with van der Waals surface area (Å²) in [5.74, 6) is 0. The van der Waals surface area contributed by atoms with Crippen LogP contribution in [0.15, 0.2) is 0 Å². The number of nitrogens with zero attached hydrogens (tertiary/aromatic N) is 3. The molecule has 1 saturated heterocycles. The zero-order chi connectivity index (χ0) is 8.65. The largest absolute Gasteiger partial charge is 0.238 e. The number of hydrogen-bond donors (Lipinski definition) is 0. The van der Waals surface area contributed by atoms with Crippen molar-refractivity contribution >= 4 is 0 Å². The lowest BCUT2D eigenvalue weighted by atomic mass is 9.99. The molecule has 1 atom stereocenters. The van der Waals surface area contributed by atoms with Crippen LogP contribution >= 0.6 is 0 Å². The second kappa shape index (κ2) is 2.47. The van der Waals surface area contributed by atoms with Crippen LogP contribution < -0.4 is 0 Å². The molecule has 1 aliphatic rings. The summed E-state index contributed by atoms with van der Waals surface area (Å²) in [5, 5.41) is 12.9. The van der Waals surface area contributed by atoms with Crippen molar-refractivity contribution in [3.05, 3.63) is 0 Å². The van der Waals surface area contributed by atoms with Gasteiger partial charge in [0.15, 0.2) is 0 Å². The van der Waals surface area contributed by atoms with Crippen LogP contribution in [-0.4, -0.2) is 35.7 Å². The fraction of sp³-hybridized carbons (Fsp3) is 0.875. The summed E-state index contributed by atoms with van der Waals surface area (Å²) in [6, 6.07) is 2.33. The van der Waals surface area contributed by atoms with Crippen molar-refractivity contribution in [2.75, 3.05) is 14.1 Å². The van der Waals surface area contributed by atoms with Crippen molar-refractivity contribution in [1.82, 2.24) is 10.0 Å². The number of nitriles is 1. The normalized spacial score (nSPS) is 32.1. The van der Waals surface area contributed by atoms with E-state index in [1.807, 2.05) is 19.1 Å². The van der Waals surface area contributed by atoms with Gasteiger partial charge in [-0.3, -0.25) is 0 Å². The van der Waals surface area contributed by atoms with E-state index >= 15 is 0 Å². The average molecular weight is 153 g/mol. The first kappa shape index (κ1) is 8.51. The third-order valence-electron chi connectivity index (χ3n) is 2.64. The molecule has 0 bridgehead atoms. The monoisotopic (exact) mass is 153 g/mol. The highest BCUT2D eigenvalue weighted by Crippen LogP contribution is 2.30. The molecule has 0 aromatic rings. The second-order valence-electron chi connectivity index (χ2n) is 3.76. The predicted molar refractivity (Wildman–Crippen MR) is 43.6 cm³/mol. The fourth-order valence-corrected chi connectivity index (χ4v) is 1.50. The highest BCUT2D eigenvalue weighted by Gasteiger charge is 2.40. The van der Waals surface area contributed by atoms with Crippen LogP contribution in [0.3, 0.4) is 0 Å². The van der Waals surface area contributed by atoms with Gasteiger partial charge in [0.2, 0.25) is 0 Å². The van der Waals surface area contributed by atoms with Crippen molar-refractivity contribution in [3.8, 4) is 6.07 Å². The van der Waals surface area contributed by atoms with Crippen molar-refractivity contribution in [3.63, 3.8) is 0 Å². The molecule has 3 nitrogen and oxygen atoms in total. The van der Waals surface area contributed by atoms with Gasteiger partial charge in [-0.25, -0.2) is 10.0 Å². The molecule has 0 aromatic heterocycles. The Kier molecular flexibility index (Phi) is 1.91. The quantitative estimate of drug-likeness (QED) is 0.516. The van der Waals surface area contributed by atoms with Gasteiger partial charge in [0.05, 0.1) is 6.07 Å². The van der Waals surface area contributed by atoms with Crippen LogP contribution in [0, 0.1) is 11.3 Å². The summed E-state index contributed by atoms with van der Waals surface area (Å²) >= 11 is 0. The van der Waals surface area contributed by atoms with Crippen molar-refractivity contribution in [2.45, 2.75) is 31.8 Å². The molecule has 3 heteroatoms. The van der Waals surface area contributed by atoms with Crippen molar-refractivity contribution in [1.29, 1.82) is 5.26 Å². The topological polar surface area (TPSA) is 30.3 Å². The van der Waals surface area contributed by atoms with Gasteiger partial charge in [0.1, 0.15) is 6.04 Å². The van der Waals surface area contributed by atoms with Crippen LogP contribution in [0.5, 0.6) is 0 Å². The molecule has 1 fully saturated rings. The van der Waals surface area contributed by atoms with E-state index in [0.29, 0.717) is 0 Å². The minimum absolute atomic E-state index is 0.0509. The van der Waals surface area contributed by atoms with Crippen LogP contribution in [0.2, 0.25) is 0 Å². The molecule has 1 heterocycles. The molecular formula is C8H15N3. The maximum absolute atomic E-state index is 8.77. The SMILES string of the molecule is CN1C(C#N)CC(C)(C)N1C. The molecule has 0 spiro atoms. The highest BCUT2D eigenvalue weighted by molar-refractivity contribution is 5.01. The van der Waals surface area contributed by atoms with Gasteiger partial charge in [-0.15, -0.1) is 0 Å². The van der Waals surface area contributed by atoms with Gasteiger partial charge in [-0.1, -0.05) is 0 Å². The minimum Gasteiger partial charge on any atom is -0.238 e. The molecular weight excluding hydrogens is 138 g/mol. The predicted octanol–water partition coefficient (Wildman–Crippen LogP) is 0.839. The smallest absolute Gasteiger partial charge is 0.113 e. The average Bonchev–Trinajstić information content (AvgIpc) is 2.13. The van der Waals surface area contributed by atoms with Gasteiger partial charge in [-0.05, 0) is 20.3 Å². The van der Waals surface area contributed by atoms with Crippen molar-refractivity contribution < 1.29 is 0 Å². The first-order chi connectivity index (χ1) is 4.99. The summed E-state index contributed by atoms with van der Waals surface area (Å²) < 4.78 is 0. The molecule has 0 aliphatic carbocycles. The first-order valence-electron chi connectivity index (χ1n) is 3.85. The zero-order valence-electron chi connectivity index (χ0n) is 7.63. The third-order valence-corrected chi connectivity index (χ3v) is 2.64. The van der Waals surface area contributed by atoms with Crippen LogP contribution in [0.25, 0.3) is 0 Å². The molecule has 0 saturated carbocycles. The lowest BCUT2D eigenvalue weighted by molar-refractivity contribution is 0.00487. The van der Waals surface area contributed by atoms with Crippen molar-refractivity contribution in [2.24, 2.45) is 0 Å². The Morgan fingerprint density at radius 1 is 1.45 bits per heavy atom. The standard InChI is InChI=1S/C8H15N3/c1-8(2)5-7(6-9)10(3)11(8)4/h7H,5H2,1-4H3. The van der Waals surface area contributed by atoms with E-state index in [2.05, 4.69) is 24.9 Å². The molecule has 0 aromatic carbocycles. The molecule has 11 heavy (non-hydrogen) atoms. The summed E-state index contributed by atoms with van der Waals surface area (Å²) in [6.07, 6.45) is 0.927. The first-order valence-corrected chi connectivity index (χ1v) is 3.85. The number of hydrazine groups is 1. The van der Waals surface area contributed by atoms with E-state index < -0.39 is 0 Å². The van der Waals surface area contributed by atoms with E-state index in [0.717, 1.165) is 6.42 Å². The molecule has 1 rings (SSSR count). The second-order valence-corrected chi connectivity index (χ2v) is 3.76. The summed E-state index contributed by atoms with van der Waals surface area (Å²) in [7, 11) is 3.99. The van der Waals surface area contributed by atoms with E-state index in [-0.39, 0.29) is 11.6 Å². The van der Waals surface area contributed by atoms with Gasteiger partial charge in [-0.2, -0.15) is 5.26 Å². The number of rotatable bonds is 0. The molecule has 0 amide bonds. The van der Waals surface area contributed by atoms with E-state index in [1.54, 1.807) is 0 Å². The van der Waals surface area contributed by atoms with Gasteiger partial charge in [0, 0.05) is 19.6 Å². The van der Waals surface area contributed by atoms with Gasteiger partial charge >= 0.3 is 0 Å². The zero-order valence-corrected chi connectivity index (χ0v) is 7.63. The van der Waals surface area contributed by atoms with Gasteiger partial charge < -0.3 is 0 Å². The maximum atomic E-state index is 8.77. The Morgan fingerprint density at radius 2 is 2.00 bits per heavy atom. The summed E-state index contributed by atoms with van der Waals surface area (Å²) in [6.45, 7) is 4.31. The molecule has 62 valence electrons. The third kappa shape index (κ3) is 1.24. The minimum atomic E-state index is 0.0509. The maximum Gasteiger partial charge on any atom is 0.113 e.